The zero-order valence-corrected chi connectivity index (χ0v) is 16.1. The van der Waals surface area contributed by atoms with E-state index < -0.39 is 11.8 Å². The normalized spacial score (nSPS) is 10.8. The molecule has 0 radical (unpaired) electrons. The SMILES string of the molecule is CC(=O)Nc1cccc(NC(=O)CC(=O)Nc2ccc(C(C)(C)C)cc2)c1. The maximum absolute atomic E-state index is 12.1. The predicted molar refractivity (Wildman–Crippen MR) is 108 cm³/mol. The minimum absolute atomic E-state index is 0.0359. The third-order valence-electron chi connectivity index (χ3n) is 3.82. The van der Waals surface area contributed by atoms with Gasteiger partial charge >= 0.3 is 0 Å². The van der Waals surface area contributed by atoms with Crippen LogP contribution in [0.4, 0.5) is 17.1 Å². The van der Waals surface area contributed by atoms with Crippen LogP contribution in [0.3, 0.4) is 0 Å². The van der Waals surface area contributed by atoms with Gasteiger partial charge in [-0.25, -0.2) is 0 Å². The van der Waals surface area contributed by atoms with Gasteiger partial charge in [-0.3, -0.25) is 14.4 Å². The highest BCUT2D eigenvalue weighted by Crippen LogP contribution is 2.23. The van der Waals surface area contributed by atoms with Crippen molar-refractivity contribution in [1.82, 2.24) is 0 Å². The van der Waals surface area contributed by atoms with Gasteiger partial charge in [0.15, 0.2) is 0 Å². The van der Waals surface area contributed by atoms with E-state index in [1.807, 2.05) is 24.3 Å². The summed E-state index contributed by atoms with van der Waals surface area (Å²) < 4.78 is 0. The Hall–Kier alpha value is -3.15. The van der Waals surface area contributed by atoms with Crippen molar-refractivity contribution < 1.29 is 14.4 Å². The van der Waals surface area contributed by atoms with Crippen LogP contribution < -0.4 is 16.0 Å². The van der Waals surface area contributed by atoms with E-state index >= 15 is 0 Å². The summed E-state index contributed by atoms with van der Waals surface area (Å²) in [5.74, 6) is -1.02. The van der Waals surface area contributed by atoms with Gasteiger partial charge in [-0.05, 0) is 41.3 Å². The molecule has 6 heteroatoms. The summed E-state index contributed by atoms with van der Waals surface area (Å²) in [5.41, 5.74) is 2.93. The van der Waals surface area contributed by atoms with Gasteiger partial charge in [0.1, 0.15) is 6.42 Å². The fraction of sp³-hybridized carbons (Fsp3) is 0.286. The van der Waals surface area contributed by atoms with Crippen molar-refractivity contribution >= 4 is 34.8 Å². The summed E-state index contributed by atoms with van der Waals surface area (Å²) in [4.78, 5) is 35.2. The standard InChI is InChI=1S/C21H25N3O3/c1-14(25)22-17-6-5-7-18(12-17)24-20(27)13-19(26)23-16-10-8-15(9-11-16)21(2,3)4/h5-12H,13H2,1-4H3,(H,22,25)(H,23,26)(H,24,27). The number of anilines is 3. The first-order chi connectivity index (χ1) is 12.6. The van der Waals surface area contributed by atoms with Gasteiger partial charge in [-0.1, -0.05) is 39.0 Å². The van der Waals surface area contributed by atoms with Gasteiger partial charge in [0, 0.05) is 24.0 Å². The second kappa shape index (κ2) is 8.49. The van der Waals surface area contributed by atoms with E-state index in [-0.39, 0.29) is 17.7 Å². The molecule has 142 valence electrons. The molecule has 0 saturated heterocycles. The van der Waals surface area contributed by atoms with Gasteiger partial charge in [0.2, 0.25) is 17.7 Å². The first-order valence-electron chi connectivity index (χ1n) is 8.71. The number of carbonyl (C=O) groups excluding carboxylic acids is 3. The lowest BCUT2D eigenvalue weighted by molar-refractivity contribution is -0.123. The number of hydrogen-bond acceptors (Lipinski definition) is 3. The van der Waals surface area contributed by atoms with Crippen LogP contribution in [-0.2, 0) is 19.8 Å². The minimum atomic E-state index is -0.432. The Balaban J connectivity index is 1.90. The highest BCUT2D eigenvalue weighted by molar-refractivity contribution is 6.08. The van der Waals surface area contributed by atoms with E-state index in [1.165, 1.54) is 6.92 Å². The van der Waals surface area contributed by atoms with E-state index in [0.29, 0.717) is 17.1 Å². The second-order valence-corrected chi connectivity index (χ2v) is 7.36. The Morgan fingerprint density at radius 3 is 1.81 bits per heavy atom. The highest BCUT2D eigenvalue weighted by Gasteiger charge is 2.14. The van der Waals surface area contributed by atoms with Gasteiger partial charge in [0.25, 0.3) is 0 Å². The third kappa shape index (κ3) is 6.58. The molecular weight excluding hydrogens is 342 g/mol. The minimum Gasteiger partial charge on any atom is -0.326 e. The molecule has 0 heterocycles. The zero-order chi connectivity index (χ0) is 20.0. The van der Waals surface area contributed by atoms with Crippen molar-refractivity contribution in [2.45, 2.75) is 39.5 Å². The number of amides is 3. The lowest BCUT2D eigenvalue weighted by Gasteiger charge is -2.19. The largest absolute Gasteiger partial charge is 0.326 e. The summed E-state index contributed by atoms with van der Waals surface area (Å²) >= 11 is 0. The molecule has 6 nitrogen and oxygen atoms in total. The molecule has 0 saturated carbocycles. The molecule has 0 spiro atoms. The van der Waals surface area contributed by atoms with Crippen LogP contribution in [0, 0.1) is 0 Å². The molecular formula is C21H25N3O3. The molecule has 0 fully saturated rings. The van der Waals surface area contributed by atoms with Gasteiger partial charge < -0.3 is 16.0 Å². The Morgan fingerprint density at radius 2 is 1.30 bits per heavy atom. The maximum atomic E-state index is 12.1. The van der Waals surface area contributed by atoms with Crippen molar-refractivity contribution in [3.05, 3.63) is 54.1 Å². The van der Waals surface area contributed by atoms with Crippen molar-refractivity contribution in [2.24, 2.45) is 0 Å². The smallest absolute Gasteiger partial charge is 0.233 e. The van der Waals surface area contributed by atoms with E-state index in [9.17, 15) is 14.4 Å². The lowest BCUT2D eigenvalue weighted by atomic mass is 9.87. The Bertz CT molecular complexity index is 836. The molecule has 27 heavy (non-hydrogen) atoms. The van der Waals surface area contributed by atoms with Crippen LogP contribution in [-0.4, -0.2) is 17.7 Å². The van der Waals surface area contributed by atoms with Crippen molar-refractivity contribution in [3.63, 3.8) is 0 Å². The van der Waals surface area contributed by atoms with Crippen molar-refractivity contribution in [1.29, 1.82) is 0 Å². The fourth-order valence-electron chi connectivity index (χ4n) is 2.49. The Morgan fingerprint density at radius 1 is 0.778 bits per heavy atom. The van der Waals surface area contributed by atoms with E-state index in [4.69, 9.17) is 0 Å². The van der Waals surface area contributed by atoms with E-state index in [0.717, 1.165) is 5.56 Å². The first-order valence-corrected chi connectivity index (χ1v) is 8.71. The number of nitrogens with one attached hydrogen (secondary N) is 3. The average molecular weight is 367 g/mol. The van der Waals surface area contributed by atoms with Gasteiger partial charge in [-0.15, -0.1) is 0 Å². The van der Waals surface area contributed by atoms with Crippen LogP contribution in [0.2, 0.25) is 0 Å². The molecule has 0 aliphatic carbocycles. The monoisotopic (exact) mass is 367 g/mol. The highest BCUT2D eigenvalue weighted by atomic mass is 16.2. The molecule has 2 aromatic carbocycles. The number of hydrogen-bond donors (Lipinski definition) is 3. The number of rotatable bonds is 5. The summed E-state index contributed by atoms with van der Waals surface area (Å²) in [6.07, 6.45) is -0.300. The molecule has 0 aromatic heterocycles. The molecule has 0 atom stereocenters. The van der Waals surface area contributed by atoms with Crippen molar-refractivity contribution in [2.75, 3.05) is 16.0 Å². The van der Waals surface area contributed by atoms with Crippen LogP contribution in [0.1, 0.15) is 39.7 Å². The fourth-order valence-corrected chi connectivity index (χ4v) is 2.49. The summed E-state index contributed by atoms with van der Waals surface area (Å²) in [6.45, 7) is 7.76. The van der Waals surface area contributed by atoms with Crippen LogP contribution >= 0.6 is 0 Å². The molecule has 0 bridgehead atoms. The lowest BCUT2D eigenvalue weighted by Crippen LogP contribution is -2.21. The molecule has 2 aromatic rings. The Kier molecular flexibility index (Phi) is 6.34. The van der Waals surface area contributed by atoms with Gasteiger partial charge in [-0.2, -0.15) is 0 Å². The zero-order valence-electron chi connectivity index (χ0n) is 16.1. The number of benzene rings is 2. The summed E-state index contributed by atoms with van der Waals surface area (Å²) in [6, 6.07) is 14.3. The molecule has 0 unspecified atom stereocenters. The maximum Gasteiger partial charge on any atom is 0.233 e. The Labute approximate surface area is 159 Å². The molecule has 3 amide bonds. The second-order valence-electron chi connectivity index (χ2n) is 7.36. The molecule has 3 N–H and O–H groups in total. The van der Waals surface area contributed by atoms with Crippen LogP contribution in [0.5, 0.6) is 0 Å². The topological polar surface area (TPSA) is 87.3 Å². The van der Waals surface area contributed by atoms with Crippen LogP contribution in [0.15, 0.2) is 48.5 Å². The average Bonchev–Trinajstić information content (AvgIpc) is 2.53. The first kappa shape index (κ1) is 20.2. The summed E-state index contributed by atoms with van der Waals surface area (Å²) in [7, 11) is 0. The molecule has 0 aliphatic rings. The van der Waals surface area contributed by atoms with Crippen molar-refractivity contribution in [3.8, 4) is 0 Å². The molecule has 0 aliphatic heterocycles. The molecule has 2 rings (SSSR count). The van der Waals surface area contributed by atoms with Gasteiger partial charge in [0.05, 0.1) is 0 Å². The summed E-state index contributed by atoms with van der Waals surface area (Å²) in [5, 5.41) is 8.01. The third-order valence-corrected chi connectivity index (χ3v) is 3.82. The van der Waals surface area contributed by atoms with E-state index in [1.54, 1.807) is 24.3 Å². The number of carbonyl (C=O) groups is 3. The quantitative estimate of drug-likeness (QED) is 0.700. The predicted octanol–water partition coefficient (Wildman–Crippen LogP) is 3.91. The van der Waals surface area contributed by atoms with E-state index in [2.05, 4.69) is 36.7 Å². The van der Waals surface area contributed by atoms with Crippen LogP contribution in [0.25, 0.3) is 0 Å².